The summed E-state index contributed by atoms with van der Waals surface area (Å²) < 4.78 is 5.35. The molecule has 86 valence electrons. The number of anilines is 1. The van der Waals surface area contributed by atoms with Crippen LogP contribution in [0.2, 0.25) is 0 Å². The first kappa shape index (κ1) is 11.1. The molecule has 0 unspecified atom stereocenters. The molecular weight excluding hydrogens is 222 g/mol. The highest BCUT2D eigenvalue weighted by Gasteiger charge is 2.05. The fraction of sp³-hybridized carbons (Fsp3) is 0.0833. The molecule has 1 heterocycles. The molecule has 5 heteroatoms. The summed E-state index contributed by atoms with van der Waals surface area (Å²) in [5.74, 6) is -0.243. The fourth-order valence-electron chi connectivity index (χ4n) is 1.53. The third kappa shape index (κ3) is 2.23. The monoisotopic (exact) mass is 231 g/mol. The maximum absolute atomic E-state index is 11.7. The average Bonchev–Trinajstić information content (AvgIpc) is 2.29. The van der Waals surface area contributed by atoms with Crippen LogP contribution in [0, 0.1) is 6.92 Å². The van der Waals surface area contributed by atoms with Crippen molar-refractivity contribution >= 4 is 28.8 Å². The van der Waals surface area contributed by atoms with Crippen molar-refractivity contribution in [3.63, 3.8) is 0 Å². The number of amides is 1. The highest BCUT2D eigenvalue weighted by molar-refractivity contribution is 6.29. The average molecular weight is 231 g/mol. The van der Waals surface area contributed by atoms with Crippen LogP contribution < -0.4 is 10.7 Å². The summed E-state index contributed by atoms with van der Waals surface area (Å²) in [5.41, 5.74) is 0.635. The summed E-state index contributed by atoms with van der Waals surface area (Å²) in [6.45, 7) is 1.68. The third-order valence-electron chi connectivity index (χ3n) is 2.22. The molecule has 0 saturated carbocycles. The smallest absolute Gasteiger partial charge is 0.288 e. The van der Waals surface area contributed by atoms with Gasteiger partial charge in [-0.3, -0.25) is 14.4 Å². The van der Waals surface area contributed by atoms with E-state index in [1.54, 1.807) is 19.1 Å². The summed E-state index contributed by atoms with van der Waals surface area (Å²) in [5, 5.41) is 2.70. The molecule has 0 bridgehead atoms. The number of carbonyl (C=O) groups excluding carboxylic acids is 2. The lowest BCUT2D eigenvalue weighted by Gasteiger charge is -2.03. The molecule has 0 atom stereocenters. The van der Waals surface area contributed by atoms with Crippen molar-refractivity contribution in [1.82, 2.24) is 0 Å². The SMILES string of the molecule is Cc1cc(=O)c2cc(NC(=O)C=O)ccc2o1. The van der Waals surface area contributed by atoms with Gasteiger partial charge in [0.15, 0.2) is 5.43 Å². The molecule has 1 amide bonds. The Labute approximate surface area is 96.0 Å². The molecule has 0 fully saturated rings. The predicted molar refractivity (Wildman–Crippen MR) is 61.9 cm³/mol. The number of carbonyl (C=O) groups is 2. The molecule has 1 aromatic heterocycles. The molecule has 0 radical (unpaired) electrons. The first-order valence-electron chi connectivity index (χ1n) is 4.91. The van der Waals surface area contributed by atoms with Crippen molar-refractivity contribution in [1.29, 1.82) is 0 Å². The zero-order valence-corrected chi connectivity index (χ0v) is 9.02. The molecular formula is C12H9NO4. The Kier molecular flexibility index (Phi) is 2.74. The largest absolute Gasteiger partial charge is 0.461 e. The third-order valence-corrected chi connectivity index (χ3v) is 2.22. The molecule has 0 aliphatic rings. The van der Waals surface area contributed by atoms with Crippen LogP contribution in [0.1, 0.15) is 5.76 Å². The molecule has 0 aliphatic heterocycles. The molecule has 1 N–H and O–H groups in total. The van der Waals surface area contributed by atoms with Crippen LogP contribution in [0.5, 0.6) is 0 Å². The minimum atomic E-state index is -0.763. The summed E-state index contributed by atoms with van der Waals surface area (Å²) >= 11 is 0. The van der Waals surface area contributed by atoms with Gasteiger partial charge in [0.05, 0.1) is 5.39 Å². The summed E-state index contributed by atoms with van der Waals surface area (Å²) in [6.07, 6.45) is 0.168. The Morgan fingerprint density at radius 2 is 2.12 bits per heavy atom. The van der Waals surface area contributed by atoms with Gasteiger partial charge in [-0.1, -0.05) is 0 Å². The first-order valence-corrected chi connectivity index (χ1v) is 4.91. The summed E-state index contributed by atoms with van der Waals surface area (Å²) in [6, 6.07) is 5.98. The Balaban J connectivity index is 2.54. The highest BCUT2D eigenvalue weighted by Crippen LogP contribution is 2.17. The van der Waals surface area contributed by atoms with E-state index in [-0.39, 0.29) is 11.7 Å². The molecule has 0 spiro atoms. The van der Waals surface area contributed by atoms with Crippen LogP contribution in [-0.4, -0.2) is 12.2 Å². The molecule has 2 rings (SSSR count). The van der Waals surface area contributed by atoms with Crippen molar-refractivity contribution < 1.29 is 14.0 Å². The van der Waals surface area contributed by atoms with Gasteiger partial charge >= 0.3 is 0 Å². The molecule has 1 aromatic carbocycles. The van der Waals surface area contributed by atoms with Crippen LogP contribution in [-0.2, 0) is 9.59 Å². The van der Waals surface area contributed by atoms with Crippen LogP contribution in [0.4, 0.5) is 5.69 Å². The second kappa shape index (κ2) is 4.21. The van der Waals surface area contributed by atoms with Gasteiger partial charge in [-0.15, -0.1) is 0 Å². The van der Waals surface area contributed by atoms with E-state index in [0.717, 1.165) is 0 Å². The van der Waals surface area contributed by atoms with Crippen molar-refractivity contribution in [2.75, 3.05) is 5.32 Å². The van der Waals surface area contributed by atoms with Gasteiger partial charge in [0.1, 0.15) is 11.3 Å². The second-order valence-corrected chi connectivity index (χ2v) is 3.54. The van der Waals surface area contributed by atoms with Gasteiger partial charge in [-0.2, -0.15) is 0 Å². The van der Waals surface area contributed by atoms with Gasteiger partial charge in [0.25, 0.3) is 5.91 Å². The van der Waals surface area contributed by atoms with Crippen LogP contribution >= 0.6 is 0 Å². The second-order valence-electron chi connectivity index (χ2n) is 3.54. The van der Waals surface area contributed by atoms with E-state index < -0.39 is 5.91 Å². The Morgan fingerprint density at radius 3 is 2.82 bits per heavy atom. The van der Waals surface area contributed by atoms with Gasteiger partial charge in [0.2, 0.25) is 6.29 Å². The fourth-order valence-corrected chi connectivity index (χ4v) is 1.53. The minimum absolute atomic E-state index is 0.168. The van der Waals surface area contributed by atoms with Crippen molar-refractivity contribution in [3.8, 4) is 0 Å². The minimum Gasteiger partial charge on any atom is -0.461 e. The maximum Gasteiger partial charge on any atom is 0.288 e. The topological polar surface area (TPSA) is 76.4 Å². The summed E-state index contributed by atoms with van der Waals surface area (Å²) in [4.78, 5) is 32.7. The highest BCUT2D eigenvalue weighted by atomic mass is 16.3. The lowest BCUT2D eigenvalue weighted by atomic mass is 10.2. The molecule has 17 heavy (non-hydrogen) atoms. The number of nitrogens with one attached hydrogen (secondary N) is 1. The zero-order chi connectivity index (χ0) is 12.4. The van der Waals surface area contributed by atoms with E-state index >= 15 is 0 Å². The van der Waals surface area contributed by atoms with Crippen LogP contribution in [0.15, 0.2) is 33.5 Å². The van der Waals surface area contributed by atoms with Gasteiger partial charge in [0, 0.05) is 11.8 Å². The van der Waals surface area contributed by atoms with E-state index in [1.807, 2.05) is 0 Å². The van der Waals surface area contributed by atoms with E-state index in [4.69, 9.17) is 4.42 Å². The molecule has 5 nitrogen and oxygen atoms in total. The van der Waals surface area contributed by atoms with E-state index in [0.29, 0.717) is 22.4 Å². The van der Waals surface area contributed by atoms with Gasteiger partial charge < -0.3 is 9.73 Å². The molecule has 2 aromatic rings. The standard InChI is InChI=1S/C12H9NO4/c1-7-4-10(15)9-5-8(13-12(16)6-14)2-3-11(9)17-7/h2-6H,1H3,(H,13,16). The maximum atomic E-state index is 11.7. The summed E-state index contributed by atoms with van der Waals surface area (Å²) in [7, 11) is 0. The van der Waals surface area contributed by atoms with Gasteiger partial charge in [-0.05, 0) is 25.1 Å². The number of rotatable bonds is 2. The number of aryl methyl sites for hydroxylation is 1. The number of hydrogen-bond acceptors (Lipinski definition) is 4. The van der Waals surface area contributed by atoms with E-state index in [2.05, 4.69) is 5.32 Å². The van der Waals surface area contributed by atoms with Crippen molar-refractivity contribution in [2.45, 2.75) is 6.92 Å². The van der Waals surface area contributed by atoms with E-state index in [9.17, 15) is 14.4 Å². The zero-order valence-electron chi connectivity index (χ0n) is 9.02. The number of fused-ring (bicyclic) bond motifs is 1. The number of benzene rings is 1. The van der Waals surface area contributed by atoms with E-state index in [1.165, 1.54) is 12.1 Å². The Morgan fingerprint density at radius 1 is 1.35 bits per heavy atom. The number of hydrogen-bond donors (Lipinski definition) is 1. The first-order chi connectivity index (χ1) is 8.10. The molecule has 0 saturated heterocycles. The van der Waals surface area contributed by atoms with Crippen LogP contribution in [0.3, 0.4) is 0 Å². The van der Waals surface area contributed by atoms with Gasteiger partial charge in [-0.25, -0.2) is 0 Å². The normalized spacial score (nSPS) is 10.2. The van der Waals surface area contributed by atoms with Crippen molar-refractivity contribution in [2.24, 2.45) is 0 Å². The van der Waals surface area contributed by atoms with Crippen molar-refractivity contribution in [3.05, 3.63) is 40.2 Å². The molecule has 0 aliphatic carbocycles. The Hall–Kier alpha value is -2.43. The predicted octanol–water partition coefficient (Wildman–Crippen LogP) is 1.24. The lowest BCUT2D eigenvalue weighted by molar-refractivity contribution is -0.127. The quantitative estimate of drug-likeness (QED) is 0.623. The van der Waals surface area contributed by atoms with Crippen LogP contribution in [0.25, 0.3) is 11.0 Å². The number of aldehydes is 1. The Bertz CT molecular complexity index is 657. The lowest BCUT2D eigenvalue weighted by Crippen LogP contribution is -2.12.